The smallest absolute Gasteiger partial charge is 0.315 e. The van der Waals surface area contributed by atoms with Crippen molar-refractivity contribution in [2.75, 3.05) is 25.5 Å². The number of benzene rings is 1. The van der Waals surface area contributed by atoms with Crippen molar-refractivity contribution in [3.8, 4) is 0 Å². The lowest BCUT2D eigenvalue weighted by Crippen LogP contribution is -2.41. The van der Waals surface area contributed by atoms with Gasteiger partial charge in [-0.05, 0) is 45.5 Å². The lowest BCUT2D eigenvalue weighted by molar-refractivity contribution is -0.114. The molecule has 0 aliphatic carbocycles. The molecule has 0 radical (unpaired) electrons. The molecule has 0 spiro atoms. The van der Waals surface area contributed by atoms with E-state index in [-0.39, 0.29) is 18.0 Å². The summed E-state index contributed by atoms with van der Waals surface area (Å²) in [5.74, 6) is -0.116. The van der Waals surface area contributed by atoms with Gasteiger partial charge in [0.1, 0.15) is 0 Å². The molecule has 0 aliphatic rings. The number of likely N-dealkylation sites (N-methyl/N-ethyl adjacent to an activating group) is 1. The van der Waals surface area contributed by atoms with E-state index in [1.165, 1.54) is 6.92 Å². The highest BCUT2D eigenvalue weighted by Crippen LogP contribution is 2.17. The Bertz CT molecular complexity index is 531. The van der Waals surface area contributed by atoms with Crippen LogP contribution in [0, 0.1) is 0 Å². The van der Waals surface area contributed by atoms with Crippen LogP contribution in [0.3, 0.4) is 0 Å². The minimum Gasteiger partial charge on any atom is -0.337 e. The second-order valence-electron chi connectivity index (χ2n) is 6.00. The highest BCUT2D eigenvalue weighted by molar-refractivity contribution is 5.88. The number of amides is 3. The summed E-state index contributed by atoms with van der Waals surface area (Å²) < 4.78 is 0. The third-order valence-corrected chi connectivity index (χ3v) is 3.69. The normalized spacial score (nSPS) is 12.1. The van der Waals surface area contributed by atoms with Crippen LogP contribution in [0.5, 0.6) is 0 Å². The molecule has 1 aromatic rings. The topological polar surface area (TPSA) is 73.5 Å². The highest BCUT2D eigenvalue weighted by atomic mass is 16.2. The molecule has 0 bridgehead atoms. The average Bonchev–Trinajstić information content (AvgIpc) is 2.46. The zero-order chi connectivity index (χ0) is 17.4. The molecule has 6 heteroatoms. The molecule has 0 saturated carbocycles. The summed E-state index contributed by atoms with van der Waals surface area (Å²) in [7, 11) is 2.03. The fourth-order valence-electron chi connectivity index (χ4n) is 2.02. The number of urea groups is 1. The van der Waals surface area contributed by atoms with Crippen molar-refractivity contribution in [1.82, 2.24) is 15.5 Å². The van der Waals surface area contributed by atoms with Gasteiger partial charge < -0.3 is 20.9 Å². The Balaban J connectivity index is 2.47. The molecule has 1 rings (SSSR count). The maximum absolute atomic E-state index is 11.9. The Morgan fingerprint density at radius 2 is 1.91 bits per heavy atom. The SMILES string of the molecule is CC(=O)Nc1cccc(C(C)NC(=O)NCCN(C)C(C)C)c1. The second-order valence-corrected chi connectivity index (χ2v) is 6.00. The van der Waals surface area contributed by atoms with E-state index in [0.717, 1.165) is 17.8 Å². The first-order chi connectivity index (χ1) is 10.8. The molecule has 3 amide bonds. The third-order valence-electron chi connectivity index (χ3n) is 3.69. The predicted molar refractivity (Wildman–Crippen MR) is 93.5 cm³/mol. The molecule has 0 saturated heterocycles. The van der Waals surface area contributed by atoms with Gasteiger partial charge in [-0.2, -0.15) is 0 Å². The van der Waals surface area contributed by atoms with Crippen molar-refractivity contribution in [2.45, 2.75) is 39.8 Å². The zero-order valence-electron chi connectivity index (χ0n) is 14.6. The number of carbonyl (C=O) groups excluding carboxylic acids is 2. The van der Waals surface area contributed by atoms with Crippen LogP contribution in [0.25, 0.3) is 0 Å². The lowest BCUT2D eigenvalue weighted by Gasteiger charge is -2.21. The van der Waals surface area contributed by atoms with E-state index >= 15 is 0 Å². The van der Waals surface area contributed by atoms with E-state index in [1.807, 2.05) is 38.2 Å². The van der Waals surface area contributed by atoms with Gasteiger partial charge in [-0.15, -0.1) is 0 Å². The third kappa shape index (κ3) is 7.15. The van der Waals surface area contributed by atoms with Gasteiger partial charge >= 0.3 is 6.03 Å². The predicted octanol–water partition coefficient (Wildman–Crippen LogP) is 2.35. The largest absolute Gasteiger partial charge is 0.337 e. The summed E-state index contributed by atoms with van der Waals surface area (Å²) >= 11 is 0. The molecule has 1 atom stereocenters. The molecule has 1 aromatic carbocycles. The molecular formula is C17H28N4O2. The van der Waals surface area contributed by atoms with Crippen molar-refractivity contribution >= 4 is 17.6 Å². The van der Waals surface area contributed by atoms with Crippen LogP contribution in [0.1, 0.15) is 39.3 Å². The average molecular weight is 320 g/mol. The molecule has 3 N–H and O–H groups in total. The van der Waals surface area contributed by atoms with Crippen molar-refractivity contribution in [3.05, 3.63) is 29.8 Å². The molecule has 0 fully saturated rings. The van der Waals surface area contributed by atoms with E-state index in [1.54, 1.807) is 0 Å². The lowest BCUT2D eigenvalue weighted by atomic mass is 10.1. The van der Waals surface area contributed by atoms with Crippen molar-refractivity contribution in [1.29, 1.82) is 0 Å². The van der Waals surface area contributed by atoms with Crippen LogP contribution in [0.4, 0.5) is 10.5 Å². The fourth-order valence-corrected chi connectivity index (χ4v) is 2.02. The standard InChI is InChI=1S/C17H28N4O2/c1-12(2)21(5)10-9-18-17(23)19-13(3)15-7-6-8-16(11-15)20-14(4)22/h6-8,11-13H,9-10H2,1-5H3,(H,20,22)(H2,18,19,23). The fraction of sp³-hybridized carbons (Fsp3) is 0.529. The zero-order valence-corrected chi connectivity index (χ0v) is 14.6. The maximum Gasteiger partial charge on any atom is 0.315 e. The molecule has 0 heterocycles. The summed E-state index contributed by atoms with van der Waals surface area (Å²) in [6.45, 7) is 9.01. The molecule has 1 unspecified atom stereocenters. The number of nitrogens with zero attached hydrogens (tertiary/aromatic N) is 1. The van der Waals surface area contributed by atoms with Gasteiger partial charge in [0.25, 0.3) is 0 Å². The molecule has 0 aromatic heterocycles. The molecule has 23 heavy (non-hydrogen) atoms. The van der Waals surface area contributed by atoms with Gasteiger partial charge in [-0.3, -0.25) is 4.79 Å². The van der Waals surface area contributed by atoms with Crippen molar-refractivity contribution < 1.29 is 9.59 Å². The van der Waals surface area contributed by atoms with Crippen LogP contribution in [-0.4, -0.2) is 43.0 Å². The quantitative estimate of drug-likeness (QED) is 0.722. The minimum atomic E-state index is -0.195. The number of nitrogens with one attached hydrogen (secondary N) is 3. The van der Waals surface area contributed by atoms with Gasteiger partial charge in [-0.1, -0.05) is 12.1 Å². The molecular weight excluding hydrogens is 292 g/mol. The number of rotatable bonds is 7. The van der Waals surface area contributed by atoms with E-state index in [4.69, 9.17) is 0 Å². The van der Waals surface area contributed by atoms with Gasteiger partial charge in [0, 0.05) is 31.7 Å². The Labute approximate surface area is 138 Å². The van der Waals surface area contributed by atoms with Crippen LogP contribution in [0.15, 0.2) is 24.3 Å². The van der Waals surface area contributed by atoms with E-state index in [9.17, 15) is 9.59 Å². The first-order valence-corrected chi connectivity index (χ1v) is 7.91. The van der Waals surface area contributed by atoms with Gasteiger partial charge in [0.15, 0.2) is 0 Å². The van der Waals surface area contributed by atoms with Crippen LogP contribution in [0.2, 0.25) is 0 Å². The maximum atomic E-state index is 11.9. The molecule has 128 valence electrons. The highest BCUT2D eigenvalue weighted by Gasteiger charge is 2.10. The first kappa shape index (κ1) is 19.0. The number of carbonyl (C=O) groups is 2. The summed E-state index contributed by atoms with van der Waals surface area (Å²) in [6, 6.07) is 7.57. The summed E-state index contributed by atoms with van der Waals surface area (Å²) in [5, 5.41) is 8.49. The Morgan fingerprint density at radius 3 is 2.52 bits per heavy atom. The number of anilines is 1. The van der Waals surface area contributed by atoms with Crippen molar-refractivity contribution in [3.63, 3.8) is 0 Å². The van der Waals surface area contributed by atoms with E-state index in [2.05, 4.69) is 34.7 Å². The van der Waals surface area contributed by atoms with Crippen LogP contribution < -0.4 is 16.0 Å². The Kier molecular flexibility index (Phi) is 7.54. The summed E-state index contributed by atoms with van der Waals surface area (Å²) in [5.41, 5.74) is 1.66. The van der Waals surface area contributed by atoms with Crippen LogP contribution >= 0.6 is 0 Å². The van der Waals surface area contributed by atoms with Gasteiger partial charge in [0.2, 0.25) is 5.91 Å². The number of hydrogen-bond donors (Lipinski definition) is 3. The van der Waals surface area contributed by atoms with E-state index < -0.39 is 0 Å². The molecule has 0 aliphatic heterocycles. The van der Waals surface area contributed by atoms with Crippen LogP contribution in [-0.2, 0) is 4.79 Å². The first-order valence-electron chi connectivity index (χ1n) is 7.91. The monoisotopic (exact) mass is 320 g/mol. The Hall–Kier alpha value is -2.08. The van der Waals surface area contributed by atoms with Crippen molar-refractivity contribution in [2.24, 2.45) is 0 Å². The van der Waals surface area contributed by atoms with E-state index in [0.29, 0.717) is 12.6 Å². The second kappa shape index (κ2) is 9.15. The van der Waals surface area contributed by atoms with Gasteiger partial charge in [0.05, 0.1) is 6.04 Å². The van der Waals surface area contributed by atoms with Gasteiger partial charge in [-0.25, -0.2) is 4.79 Å². The molecule has 6 nitrogen and oxygen atoms in total. The Morgan fingerprint density at radius 1 is 1.22 bits per heavy atom. The summed E-state index contributed by atoms with van der Waals surface area (Å²) in [4.78, 5) is 25.2. The summed E-state index contributed by atoms with van der Waals surface area (Å²) in [6.07, 6.45) is 0. The minimum absolute atomic E-state index is 0.116. The number of hydrogen-bond acceptors (Lipinski definition) is 3.